The Hall–Kier alpha value is -4.71. The maximum atomic E-state index is 14.4. The summed E-state index contributed by atoms with van der Waals surface area (Å²) in [5.74, 6) is 2.41. The van der Waals surface area contributed by atoms with Gasteiger partial charge in [0, 0.05) is 63.3 Å². The van der Waals surface area contributed by atoms with Gasteiger partial charge in [-0.1, -0.05) is 12.1 Å². The quantitative estimate of drug-likeness (QED) is 0.316. The lowest BCUT2D eigenvalue weighted by Gasteiger charge is -2.42. The predicted molar refractivity (Wildman–Crippen MR) is 157 cm³/mol. The maximum absolute atomic E-state index is 14.4. The fourth-order valence-electron chi connectivity index (χ4n) is 5.47. The van der Waals surface area contributed by atoms with Gasteiger partial charge >= 0.3 is 0 Å². The number of carbonyl (C=O) groups is 1. The summed E-state index contributed by atoms with van der Waals surface area (Å²) in [5.41, 5.74) is 2.58. The van der Waals surface area contributed by atoms with Gasteiger partial charge in [0.05, 0.1) is 13.2 Å². The van der Waals surface area contributed by atoms with Crippen molar-refractivity contribution in [2.75, 3.05) is 44.9 Å². The van der Waals surface area contributed by atoms with Gasteiger partial charge < -0.3 is 24.4 Å². The molecular weight excluding hydrogens is 553 g/mol. The fraction of sp³-hybridized carbons (Fsp3) is 0.355. The first-order valence-corrected chi connectivity index (χ1v) is 14.3. The Labute approximate surface area is 249 Å². The van der Waals surface area contributed by atoms with Crippen molar-refractivity contribution in [2.45, 2.75) is 32.5 Å². The molecule has 1 atom stereocenters. The highest BCUT2D eigenvalue weighted by atomic mass is 19.1. The van der Waals surface area contributed by atoms with Crippen LogP contribution in [0.4, 0.5) is 10.2 Å². The van der Waals surface area contributed by atoms with E-state index in [0.717, 1.165) is 22.6 Å². The molecule has 0 aliphatic carbocycles. The number of aryl methyl sites for hydroxylation is 1. The van der Waals surface area contributed by atoms with Crippen LogP contribution in [-0.4, -0.2) is 76.3 Å². The molecule has 11 nitrogen and oxygen atoms in total. The molecule has 0 radical (unpaired) electrons. The molecular formula is C31H34FN7O4. The molecule has 2 aliphatic rings. The smallest absolute Gasteiger partial charge is 0.237 e. The van der Waals surface area contributed by atoms with Crippen LogP contribution in [0.1, 0.15) is 23.2 Å². The van der Waals surface area contributed by atoms with Crippen LogP contribution in [0, 0.1) is 12.7 Å². The minimum absolute atomic E-state index is 0.0807. The number of benzene rings is 2. The lowest BCUT2D eigenvalue weighted by atomic mass is 10.1. The number of fused-ring (bicyclic) bond motifs is 1. The van der Waals surface area contributed by atoms with Crippen molar-refractivity contribution < 1.29 is 23.4 Å². The Morgan fingerprint density at radius 1 is 1.07 bits per heavy atom. The molecule has 1 fully saturated rings. The van der Waals surface area contributed by atoms with Crippen LogP contribution in [-0.2, 0) is 17.9 Å². The van der Waals surface area contributed by atoms with Gasteiger partial charge in [-0.05, 0) is 42.3 Å². The number of nitrogens with one attached hydrogen (secondary N) is 1. The number of ether oxygens (including phenoxy) is 3. The SMILES string of the molecule is COc1ccc(CN2CCN(c3cc(C)nc(-n4ccnc4)n3)C(CC(=O)NCc3ccc4c(c3)OCCO4)C2)cc1F. The zero-order valence-electron chi connectivity index (χ0n) is 24.2. The molecule has 12 heteroatoms. The lowest BCUT2D eigenvalue weighted by Crippen LogP contribution is -2.54. The van der Waals surface area contributed by atoms with Gasteiger partial charge in [0.15, 0.2) is 23.1 Å². The predicted octanol–water partition coefficient (Wildman–Crippen LogP) is 3.29. The van der Waals surface area contributed by atoms with Crippen molar-refractivity contribution in [3.05, 3.63) is 83.8 Å². The van der Waals surface area contributed by atoms with Gasteiger partial charge in [0.25, 0.3) is 0 Å². The molecule has 1 amide bonds. The van der Waals surface area contributed by atoms with E-state index in [0.29, 0.717) is 63.4 Å². The number of piperazine rings is 1. The number of halogens is 1. The van der Waals surface area contributed by atoms with Crippen LogP contribution in [0.15, 0.2) is 61.2 Å². The third-order valence-corrected chi connectivity index (χ3v) is 7.57. The van der Waals surface area contributed by atoms with Gasteiger partial charge in [-0.15, -0.1) is 0 Å². The third-order valence-electron chi connectivity index (χ3n) is 7.57. The van der Waals surface area contributed by atoms with E-state index in [2.05, 4.69) is 25.1 Å². The first kappa shape index (κ1) is 28.4. The summed E-state index contributed by atoms with van der Waals surface area (Å²) in [5, 5.41) is 3.07. The number of hydrogen-bond donors (Lipinski definition) is 1. The van der Waals surface area contributed by atoms with Gasteiger partial charge in [0.1, 0.15) is 25.4 Å². The summed E-state index contributed by atoms with van der Waals surface area (Å²) in [6.07, 6.45) is 5.39. The largest absolute Gasteiger partial charge is 0.494 e. The van der Waals surface area contributed by atoms with Crippen molar-refractivity contribution in [1.29, 1.82) is 0 Å². The molecule has 2 aromatic carbocycles. The number of rotatable bonds is 9. The topological polar surface area (TPSA) is 107 Å². The van der Waals surface area contributed by atoms with Crippen LogP contribution in [0.25, 0.3) is 5.95 Å². The van der Waals surface area contributed by atoms with Crippen molar-refractivity contribution >= 4 is 11.7 Å². The van der Waals surface area contributed by atoms with Crippen molar-refractivity contribution in [2.24, 2.45) is 0 Å². The standard InChI is InChI=1S/C31H34FN7O4/c1-21-13-29(36-31(35-21)38-8-7-33-20-38)39-10-9-37(18-23-4-5-26(41-2)25(32)14-23)19-24(39)16-30(40)34-17-22-3-6-27-28(15-22)43-12-11-42-27/h3-8,13-15,20,24H,9-12,16-19H2,1-2H3,(H,34,40). The molecule has 1 saturated heterocycles. The zero-order chi connectivity index (χ0) is 29.8. The monoisotopic (exact) mass is 587 g/mol. The van der Waals surface area contributed by atoms with E-state index in [-0.39, 0.29) is 24.1 Å². The summed E-state index contributed by atoms with van der Waals surface area (Å²) < 4.78 is 32.5. The highest BCUT2D eigenvalue weighted by Gasteiger charge is 2.30. The van der Waals surface area contributed by atoms with Crippen LogP contribution >= 0.6 is 0 Å². The first-order chi connectivity index (χ1) is 20.9. The zero-order valence-corrected chi connectivity index (χ0v) is 24.2. The van der Waals surface area contributed by atoms with Gasteiger partial charge in [0.2, 0.25) is 11.9 Å². The van der Waals surface area contributed by atoms with Crippen molar-refractivity contribution in [3.63, 3.8) is 0 Å². The Kier molecular flexibility index (Phi) is 8.36. The summed E-state index contributed by atoms with van der Waals surface area (Å²) >= 11 is 0. The molecule has 0 spiro atoms. The van der Waals surface area contributed by atoms with E-state index >= 15 is 0 Å². The van der Waals surface area contributed by atoms with Crippen LogP contribution in [0.3, 0.4) is 0 Å². The molecule has 1 unspecified atom stereocenters. The molecule has 4 heterocycles. The normalized spacial score (nSPS) is 16.6. The Morgan fingerprint density at radius 3 is 2.70 bits per heavy atom. The third kappa shape index (κ3) is 6.69. The fourth-order valence-corrected chi connectivity index (χ4v) is 5.47. The molecule has 0 saturated carbocycles. The van der Waals surface area contributed by atoms with Crippen molar-refractivity contribution in [3.8, 4) is 23.2 Å². The van der Waals surface area contributed by atoms with E-state index in [1.807, 2.05) is 37.3 Å². The second-order valence-electron chi connectivity index (χ2n) is 10.6. The lowest BCUT2D eigenvalue weighted by molar-refractivity contribution is -0.121. The Balaban J connectivity index is 1.19. The van der Waals surface area contributed by atoms with Gasteiger partial charge in [-0.3, -0.25) is 14.3 Å². The second kappa shape index (κ2) is 12.7. The van der Waals surface area contributed by atoms with Crippen LogP contribution in [0.2, 0.25) is 0 Å². The molecule has 6 rings (SSSR count). The first-order valence-electron chi connectivity index (χ1n) is 14.3. The van der Waals surface area contributed by atoms with Crippen LogP contribution < -0.4 is 24.4 Å². The Bertz CT molecular complexity index is 1580. The number of aromatic nitrogens is 4. The highest BCUT2D eigenvalue weighted by molar-refractivity contribution is 5.77. The average molecular weight is 588 g/mol. The highest BCUT2D eigenvalue weighted by Crippen LogP contribution is 2.31. The number of carbonyl (C=O) groups excluding carboxylic acids is 1. The Morgan fingerprint density at radius 2 is 1.91 bits per heavy atom. The van der Waals surface area contributed by atoms with E-state index in [4.69, 9.17) is 19.2 Å². The molecule has 4 aromatic rings. The van der Waals surface area contributed by atoms with E-state index in [1.54, 1.807) is 29.4 Å². The minimum atomic E-state index is -0.391. The number of anilines is 1. The number of imidazole rings is 1. The summed E-state index contributed by atoms with van der Waals surface area (Å²) in [4.78, 5) is 31.3. The molecule has 0 bridgehead atoms. The molecule has 2 aromatic heterocycles. The maximum Gasteiger partial charge on any atom is 0.237 e. The number of hydrogen-bond acceptors (Lipinski definition) is 9. The van der Waals surface area contributed by atoms with E-state index in [9.17, 15) is 9.18 Å². The average Bonchev–Trinajstić information content (AvgIpc) is 3.55. The molecule has 224 valence electrons. The van der Waals surface area contributed by atoms with Crippen LogP contribution in [0.5, 0.6) is 17.2 Å². The number of nitrogens with zero attached hydrogens (tertiary/aromatic N) is 6. The number of amides is 1. The molecule has 2 aliphatic heterocycles. The van der Waals surface area contributed by atoms with Gasteiger partial charge in [-0.2, -0.15) is 4.98 Å². The second-order valence-corrected chi connectivity index (χ2v) is 10.6. The summed E-state index contributed by atoms with van der Waals surface area (Å²) in [6, 6.07) is 12.5. The molecule has 1 N–H and O–H groups in total. The minimum Gasteiger partial charge on any atom is -0.494 e. The van der Waals surface area contributed by atoms with Gasteiger partial charge in [-0.25, -0.2) is 14.4 Å². The summed E-state index contributed by atoms with van der Waals surface area (Å²) in [7, 11) is 1.45. The van der Waals surface area contributed by atoms with E-state index in [1.165, 1.54) is 13.2 Å². The number of methoxy groups -OCH3 is 1. The van der Waals surface area contributed by atoms with E-state index < -0.39 is 5.82 Å². The summed E-state index contributed by atoms with van der Waals surface area (Å²) in [6.45, 7) is 5.82. The molecule has 43 heavy (non-hydrogen) atoms. The van der Waals surface area contributed by atoms with Crippen molar-refractivity contribution in [1.82, 2.24) is 29.7 Å².